The van der Waals surface area contributed by atoms with Crippen molar-refractivity contribution in [3.8, 4) is 5.69 Å². The van der Waals surface area contributed by atoms with E-state index < -0.39 is 0 Å². The number of carbonyl (C=O) groups is 2. The molecule has 0 bridgehead atoms. The SMILES string of the molecule is O=C(NCc1ccc(-n2ccnc2)cc1)c1cccc(N2CCCC2=O)c1. The summed E-state index contributed by atoms with van der Waals surface area (Å²) in [4.78, 5) is 30.2. The molecule has 1 N–H and O–H groups in total. The number of hydrogen-bond acceptors (Lipinski definition) is 3. The van der Waals surface area contributed by atoms with Crippen LogP contribution >= 0.6 is 0 Å². The molecular formula is C21H20N4O2. The Hall–Kier alpha value is -3.41. The molecule has 0 radical (unpaired) electrons. The van der Waals surface area contributed by atoms with Gasteiger partial charge in [0.15, 0.2) is 0 Å². The topological polar surface area (TPSA) is 67.2 Å². The van der Waals surface area contributed by atoms with Crippen molar-refractivity contribution in [2.24, 2.45) is 0 Å². The molecule has 0 aliphatic carbocycles. The fraction of sp³-hybridized carbons (Fsp3) is 0.190. The van der Waals surface area contributed by atoms with Crippen molar-refractivity contribution in [2.45, 2.75) is 19.4 Å². The van der Waals surface area contributed by atoms with Crippen LogP contribution in [0.25, 0.3) is 5.69 Å². The van der Waals surface area contributed by atoms with Gasteiger partial charge in [-0.15, -0.1) is 0 Å². The monoisotopic (exact) mass is 360 g/mol. The first-order chi connectivity index (χ1) is 13.2. The van der Waals surface area contributed by atoms with E-state index in [1.54, 1.807) is 29.6 Å². The Balaban J connectivity index is 1.40. The lowest BCUT2D eigenvalue weighted by Gasteiger charge is -2.16. The van der Waals surface area contributed by atoms with Crippen LogP contribution in [0, 0.1) is 0 Å². The number of aromatic nitrogens is 2. The van der Waals surface area contributed by atoms with Gasteiger partial charge in [-0.1, -0.05) is 18.2 Å². The number of benzene rings is 2. The molecule has 4 rings (SSSR count). The molecule has 136 valence electrons. The smallest absolute Gasteiger partial charge is 0.251 e. The van der Waals surface area contributed by atoms with E-state index in [9.17, 15) is 9.59 Å². The lowest BCUT2D eigenvalue weighted by Crippen LogP contribution is -2.25. The van der Waals surface area contributed by atoms with Gasteiger partial charge in [0.05, 0.1) is 6.33 Å². The fourth-order valence-electron chi connectivity index (χ4n) is 3.22. The molecule has 0 unspecified atom stereocenters. The molecule has 1 fully saturated rings. The van der Waals surface area contributed by atoms with Crippen LogP contribution in [0.5, 0.6) is 0 Å². The summed E-state index contributed by atoms with van der Waals surface area (Å²) >= 11 is 0. The summed E-state index contributed by atoms with van der Waals surface area (Å²) in [7, 11) is 0. The Kier molecular flexibility index (Phi) is 4.70. The van der Waals surface area contributed by atoms with Gasteiger partial charge >= 0.3 is 0 Å². The van der Waals surface area contributed by atoms with Crippen LogP contribution in [-0.4, -0.2) is 27.9 Å². The summed E-state index contributed by atoms with van der Waals surface area (Å²) in [5.74, 6) is -0.0345. The fourth-order valence-corrected chi connectivity index (χ4v) is 3.22. The van der Waals surface area contributed by atoms with E-state index in [2.05, 4.69) is 10.3 Å². The van der Waals surface area contributed by atoms with Crippen molar-refractivity contribution >= 4 is 17.5 Å². The largest absolute Gasteiger partial charge is 0.348 e. The van der Waals surface area contributed by atoms with Gasteiger partial charge in [-0.2, -0.15) is 0 Å². The third-order valence-corrected chi connectivity index (χ3v) is 4.69. The highest BCUT2D eigenvalue weighted by atomic mass is 16.2. The standard InChI is InChI=1S/C21H20N4O2/c26-20-5-2-11-25(20)19-4-1-3-17(13-19)21(27)23-14-16-6-8-18(9-7-16)24-12-10-22-15-24/h1,3-4,6-10,12-13,15H,2,5,11,14H2,(H,23,27). The first kappa shape index (κ1) is 17.0. The molecule has 1 saturated heterocycles. The predicted molar refractivity (Wildman–Crippen MR) is 103 cm³/mol. The Morgan fingerprint density at radius 2 is 1.96 bits per heavy atom. The normalized spacial score (nSPS) is 13.8. The van der Waals surface area contributed by atoms with E-state index in [0.29, 0.717) is 25.1 Å². The number of carbonyl (C=O) groups excluding carboxylic acids is 2. The number of anilines is 1. The molecular weight excluding hydrogens is 340 g/mol. The van der Waals surface area contributed by atoms with Gasteiger partial charge in [0.1, 0.15) is 0 Å². The molecule has 0 saturated carbocycles. The van der Waals surface area contributed by atoms with Gasteiger partial charge in [0, 0.05) is 48.8 Å². The second-order valence-electron chi connectivity index (χ2n) is 6.52. The van der Waals surface area contributed by atoms with E-state index in [-0.39, 0.29) is 11.8 Å². The highest BCUT2D eigenvalue weighted by Gasteiger charge is 2.22. The molecule has 1 aliphatic heterocycles. The average Bonchev–Trinajstić information content (AvgIpc) is 3.38. The van der Waals surface area contributed by atoms with Gasteiger partial charge in [-0.3, -0.25) is 9.59 Å². The molecule has 27 heavy (non-hydrogen) atoms. The quantitative estimate of drug-likeness (QED) is 0.761. The predicted octanol–water partition coefficient (Wildman–Crippen LogP) is 2.93. The zero-order valence-electron chi connectivity index (χ0n) is 14.8. The number of imidazole rings is 1. The second kappa shape index (κ2) is 7.45. The number of amides is 2. The molecule has 6 heteroatoms. The molecule has 0 spiro atoms. The Bertz CT molecular complexity index is 949. The van der Waals surface area contributed by atoms with Gasteiger partial charge in [0.2, 0.25) is 5.91 Å². The van der Waals surface area contributed by atoms with Gasteiger partial charge in [-0.25, -0.2) is 4.98 Å². The van der Waals surface area contributed by atoms with Crippen molar-refractivity contribution in [3.63, 3.8) is 0 Å². The highest BCUT2D eigenvalue weighted by molar-refractivity contribution is 5.99. The summed E-state index contributed by atoms with van der Waals surface area (Å²) < 4.78 is 1.92. The minimum atomic E-state index is -0.151. The molecule has 2 aromatic carbocycles. The van der Waals surface area contributed by atoms with E-state index in [0.717, 1.165) is 23.4 Å². The minimum absolute atomic E-state index is 0.116. The molecule has 3 aromatic rings. The van der Waals surface area contributed by atoms with E-state index >= 15 is 0 Å². The number of nitrogens with zero attached hydrogens (tertiary/aromatic N) is 3. The highest BCUT2D eigenvalue weighted by Crippen LogP contribution is 2.22. The molecule has 1 aromatic heterocycles. The maximum absolute atomic E-state index is 12.5. The van der Waals surface area contributed by atoms with Gasteiger partial charge in [-0.05, 0) is 42.3 Å². The van der Waals surface area contributed by atoms with Crippen LogP contribution in [0.2, 0.25) is 0 Å². The van der Waals surface area contributed by atoms with Crippen LogP contribution in [-0.2, 0) is 11.3 Å². The van der Waals surface area contributed by atoms with Crippen LogP contribution in [0.1, 0.15) is 28.8 Å². The van der Waals surface area contributed by atoms with Crippen molar-refractivity contribution in [1.29, 1.82) is 0 Å². The summed E-state index contributed by atoms with van der Waals surface area (Å²) in [5, 5.41) is 2.94. The maximum atomic E-state index is 12.5. The van der Waals surface area contributed by atoms with Gasteiger partial charge in [0.25, 0.3) is 5.91 Å². The van der Waals surface area contributed by atoms with E-state index in [4.69, 9.17) is 0 Å². The summed E-state index contributed by atoms with van der Waals surface area (Å²) in [6, 6.07) is 15.2. The lowest BCUT2D eigenvalue weighted by atomic mass is 10.1. The van der Waals surface area contributed by atoms with Crippen LogP contribution in [0.3, 0.4) is 0 Å². The summed E-state index contributed by atoms with van der Waals surface area (Å²) in [5.41, 5.74) is 3.38. The van der Waals surface area contributed by atoms with Crippen LogP contribution in [0.4, 0.5) is 5.69 Å². The summed E-state index contributed by atoms with van der Waals surface area (Å²) in [6.07, 6.45) is 6.80. The van der Waals surface area contributed by atoms with Crippen LogP contribution < -0.4 is 10.2 Å². The van der Waals surface area contributed by atoms with E-state index in [1.807, 2.05) is 47.2 Å². The molecule has 6 nitrogen and oxygen atoms in total. The van der Waals surface area contributed by atoms with Crippen LogP contribution in [0.15, 0.2) is 67.3 Å². The molecule has 0 atom stereocenters. The third-order valence-electron chi connectivity index (χ3n) is 4.69. The zero-order valence-corrected chi connectivity index (χ0v) is 14.8. The number of rotatable bonds is 5. The van der Waals surface area contributed by atoms with Crippen molar-refractivity contribution < 1.29 is 9.59 Å². The molecule has 2 heterocycles. The van der Waals surface area contributed by atoms with Crippen molar-refractivity contribution in [3.05, 3.63) is 78.4 Å². The Morgan fingerprint density at radius 1 is 1.11 bits per heavy atom. The second-order valence-corrected chi connectivity index (χ2v) is 6.52. The van der Waals surface area contributed by atoms with Crippen molar-refractivity contribution in [2.75, 3.05) is 11.4 Å². The average molecular weight is 360 g/mol. The first-order valence-corrected chi connectivity index (χ1v) is 8.96. The van der Waals surface area contributed by atoms with Gasteiger partial charge < -0.3 is 14.8 Å². The first-order valence-electron chi connectivity index (χ1n) is 8.96. The minimum Gasteiger partial charge on any atom is -0.348 e. The third kappa shape index (κ3) is 3.74. The van der Waals surface area contributed by atoms with E-state index in [1.165, 1.54) is 0 Å². The lowest BCUT2D eigenvalue weighted by molar-refractivity contribution is -0.117. The summed E-state index contributed by atoms with van der Waals surface area (Å²) in [6.45, 7) is 1.16. The molecule has 1 aliphatic rings. The number of hydrogen-bond donors (Lipinski definition) is 1. The molecule has 2 amide bonds. The Labute approximate surface area is 157 Å². The van der Waals surface area contributed by atoms with Crippen molar-refractivity contribution in [1.82, 2.24) is 14.9 Å². The zero-order chi connectivity index (χ0) is 18.6. The maximum Gasteiger partial charge on any atom is 0.251 e. The number of nitrogens with one attached hydrogen (secondary N) is 1. The Morgan fingerprint density at radius 3 is 2.67 bits per heavy atom.